The van der Waals surface area contributed by atoms with Crippen molar-refractivity contribution in [2.45, 2.75) is 25.7 Å². The molecule has 28 heavy (non-hydrogen) atoms. The van der Waals surface area contributed by atoms with Crippen LogP contribution in [0.3, 0.4) is 0 Å². The summed E-state index contributed by atoms with van der Waals surface area (Å²) in [5.41, 5.74) is 7.93. The molecule has 0 aromatic heterocycles. The second-order valence-corrected chi connectivity index (χ2v) is 7.10. The largest absolute Gasteiger partial charge is 0.493 e. The van der Waals surface area contributed by atoms with Crippen LogP contribution in [-0.2, 0) is 12.8 Å². The summed E-state index contributed by atoms with van der Waals surface area (Å²) in [6.07, 6.45) is 8.56. The zero-order valence-corrected chi connectivity index (χ0v) is 16.9. The maximum atomic E-state index is 5.49. The molecule has 0 amide bonds. The van der Waals surface area contributed by atoms with E-state index in [1.165, 1.54) is 33.4 Å². The molecule has 0 atom stereocenters. The Bertz CT molecular complexity index is 890. The monoisotopic (exact) mass is 378 g/mol. The molecule has 0 heterocycles. The number of benzene rings is 2. The summed E-state index contributed by atoms with van der Waals surface area (Å²) in [4.78, 5) is 0. The van der Waals surface area contributed by atoms with Gasteiger partial charge in [0.1, 0.15) is 0 Å². The number of hydrogen-bond acceptors (Lipinski definition) is 4. The fourth-order valence-electron chi connectivity index (χ4n) is 4.21. The Labute approximate surface area is 166 Å². The van der Waals surface area contributed by atoms with Gasteiger partial charge in [0, 0.05) is 0 Å². The predicted octanol–water partition coefficient (Wildman–Crippen LogP) is 5.08. The number of allylic oxidation sites excluding steroid dienone is 4. The first-order valence-corrected chi connectivity index (χ1v) is 9.57. The topological polar surface area (TPSA) is 36.9 Å². The van der Waals surface area contributed by atoms with Crippen molar-refractivity contribution in [3.8, 4) is 23.0 Å². The van der Waals surface area contributed by atoms with Crippen molar-refractivity contribution < 1.29 is 18.9 Å². The van der Waals surface area contributed by atoms with Gasteiger partial charge in [-0.3, -0.25) is 0 Å². The zero-order valence-electron chi connectivity index (χ0n) is 16.9. The van der Waals surface area contributed by atoms with Crippen LogP contribution in [0.4, 0.5) is 0 Å². The summed E-state index contributed by atoms with van der Waals surface area (Å²) in [6.45, 7) is 0. The third kappa shape index (κ3) is 3.13. The molecule has 0 saturated carbocycles. The van der Waals surface area contributed by atoms with Gasteiger partial charge >= 0.3 is 0 Å². The van der Waals surface area contributed by atoms with Gasteiger partial charge in [-0.1, -0.05) is 12.2 Å². The van der Waals surface area contributed by atoms with E-state index in [1.807, 2.05) is 0 Å². The van der Waals surface area contributed by atoms with Crippen LogP contribution in [0, 0.1) is 0 Å². The van der Waals surface area contributed by atoms with E-state index in [0.717, 1.165) is 48.7 Å². The van der Waals surface area contributed by atoms with Crippen LogP contribution in [0.5, 0.6) is 23.0 Å². The quantitative estimate of drug-likeness (QED) is 0.673. The molecule has 0 aliphatic heterocycles. The molecule has 0 fully saturated rings. The minimum Gasteiger partial charge on any atom is -0.493 e. The molecule has 0 radical (unpaired) electrons. The summed E-state index contributed by atoms with van der Waals surface area (Å²) in [6, 6.07) is 8.41. The Balaban J connectivity index is 1.53. The number of hydrogen-bond donors (Lipinski definition) is 0. The smallest absolute Gasteiger partial charge is 0.161 e. The van der Waals surface area contributed by atoms with Crippen molar-refractivity contribution in [3.05, 3.63) is 58.7 Å². The van der Waals surface area contributed by atoms with Crippen molar-refractivity contribution >= 4 is 11.1 Å². The Morgan fingerprint density at radius 3 is 1.29 bits per heavy atom. The SMILES string of the molecule is COc1cc2c(cc1OC)C(CCC1=CCc3cc(OC)c(OC)cc31)=CC2. The molecule has 4 nitrogen and oxygen atoms in total. The van der Waals surface area contributed by atoms with Crippen molar-refractivity contribution in [2.75, 3.05) is 28.4 Å². The van der Waals surface area contributed by atoms with E-state index < -0.39 is 0 Å². The fraction of sp³-hybridized carbons (Fsp3) is 0.333. The van der Waals surface area contributed by atoms with Gasteiger partial charge in [-0.25, -0.2) is 0 Å². The van der Waals surface area contributed by atoms with Crippen LogP contribution >= 0.6 is 0 Å². The molecule has 4 rings (SSSR count). The van der Waals surface area contributed by atoms with Crippen molar-refractivity contribution in [3.63, 3.8) is 0 Å². The highest BCUT2D eigenvalue weighted by Gasteiger charge is 2.21. The van der Waals surface area contributed by atoms with Crippen LogP contribution in [0.25, 0.3) is 11.1 Å². The van der Waals surface area contributed by atoms with Crippen LogP contribution in [0.15, 0.2) is 36.4 Å². The zero-order chi connectivity index (χ0) is 19.7. The Morgan fingerprint density at radius 1 is 0.571 bits per heavy atom. The molecular formula is C24H26O4. The van der Waals surface area contributed by atoms with Gasteiger partial charge in [-0.2, -0.15) is 0 Å². The van der Waals surface area contributed by atoms with E-state index >= 15 is 0 Å². The summed E-state index contributed by atoms with van der Waals surface area (Å²) in [7, 11) is 6.73. The number of methoxy groups -OCH3 is 4. The van der Waals surface area contributed by atoms with Crippen LogP contribution in [0.1, 0.15) is 35.1 Å². The van der Waals surface area contributed by atoms with Gasteiger partial charge in [-0.05, 0) is 83.3 Å². The number of rotatable bonds is 7. The lowest BCUT2D eigenvalue weighted by Crippen LogP contribution is -1.95. The molecule has 0 N–H and O–H groups in total. The average molecular weight is 378 g/mol. The minimum absolute atomic E-state index is 0.788. The van der Waals surface area contributed by atoms with Crippen molar-refractivity contribution in [1.29, 1.82) is 0 Å². The Kier molecular flexibility index (Phi) is 5.03. The van der Waals surface area contributed by atoms with E-state index in [0.29, 0.717) is 0 Å². The summed E-state index contributed by atoms with van der Waals surface area (Å²) >= 11 is 0. The van der Waals surface area contributed by atoms with E-state index in [2.05, 4.69) is 36.4 Å². The van der Waals surface area contributed by atoms with Gasteiger partial charge in [0.2, 0.25) is 0 Å². The lowest BCUT2D eigenvalue weighted by atomic mass is 9.96. The molecule has 146 valence electrons. The molecule has 0 saturated heterocycles. The first-order chi connectivity index (χ1) is 13.7. The normalized spacial score (nSPS) is 14.1. The van der Waals surface area contributed by atoms with Crippen LogP contribution in [-0.4, -0.2) is 28.4 Å². The molecule has 2 aromatic rings. The molecular weight excluding hydrogens is 352 g/mol. The Hall–Kier alpha value is -2.88. The molecule has 2 aliphatic carbocycles. The third-order valence-corrected chi connectivity index (χ3v) is 5.71. The maximum absolute atomic E-state index is 5.49. The molecule has 2 aliphatic rings. The average Bonchev–Trinajstić information content (AvgIpc) is 3.32. The number of ether oxygens (including phenoxy) is 4. The summed E-state index contributed by atoms with van der Waals surface area (Å²) in [5, 5.41) is 0. The fourth-order valence-corrected chi connectivity index (χ4v) is 4.21. The maximum Gasteiger partial charge on any atom is 0.161 e. The van der Waals surface area contributed by atoms with Crippen molar-refractivity contribution in [1.82, 2.24) is 0 Å². The summed E-state index contributed by atoms with van der Waals surface area (Å²) in [5.74, 6) is 3.17. The van der Waals surface area contributed by atoms with Gasteiger partial charge < -0.3 is 18.9 Å². The lowest BCUT2D eigenvalue weighted by Gasteiger charge is -2.14. The highest BCUT2D eigenvalue weighted by molar-refractivity contribution is 5.80. The standard InChI is InChI=1S/C24H26O4/c1-25-21-11-17-9-7-15(19(17)13-23(21)27-3)5-6-16-8-10-18-12-22(26-2)24(28-4)14-20(16)18/h7-8,11-14H,5-6,9-10H2,1-4H3. The van der Waals surface area contributed by atoms with Crippen molar-refractivity contribution in [2.24, 2.45) is 0 Å². The van der Waals surface area contributed by atoms with E-state index in [-0.39, 0.29) is 0 Å². The minimum atomic E-state index is 0.788. The second-order valence-electron chi connectivity index (χ2n) is 7.10. The first-order valence-electron chi connectivity index (χ1n) is 9.57. The Morgan fingerprint density at radius 2 is 0.929 bits per heavy atom. The lowest BCUT2D eigenvalue weighted by molar-refractivity contribution is 0.354. The van der Waals surface area contributed by atoms with Gasteiger partial charge in [0.25, 0.3) is 0 Å². The molecule has 0 unspecified atom stereocenters. The van der Waals surface area contributed by atoms with Gasteiger partial charge in [-0.15, -0.1) is 0 Å². The van der Waals surface area contributed by atoms with Gasteiger partial charge in [0.15, 0.2) is 23.0 Å². The first kappa shape index (κ1) is 18.5. The highest BCUT2D eigenvalue weighted by Crippen LogP contribution is 2.42. The molecule has 2 aromatic carbocycles. The van der Waals surface area contributed by atoms with Gasteiger partial charge in [0.05, 0.1) is 28.4 Å². The number of fused-ring (bicyclic) bond motifs is 2. The summed E-state index contributed by atoms with van der Waals surface area (Å²) < 4.78 is 21.9. The predicted molar refractivity (Wildman–Crippen MR) is 112 cm³/mol. The molecule has 0 bridgehead atoms. The second kappa shape index (κ2) is 7.63. The highest BCUT2D eigenvalue weighted by atomic mass is 16.5. The van der Waals surface area contributed by atoms with Crippen LogP contribution in [0.2, 0.25) is 0 Å². The van der Waals surface area contributed by atoms with E-state index in [9.17, 15) is 0 Å². The van der Waals surface area contributed by atoms with Crippen LogP contribution < -0.4 is 18.9 Å². The van der Waals surface area contributed by atoms with E-state index in [4.69, 9.17) is 18.9 Å². The third-order valence-electron chi connectivity index (χ3n) is 5.71. The molecule has 0 spiro atoms. The van der Waals surface area contributed by atoms with E-state index in [1.54, 1.807) is 28.4 Å². The molecule has 4 heteroatoms.